The summed E-state index contributed by atoms with van der Waals surface area (Å²) in [5, 5.41) is 4.35. The van der Waals surface area contributed by atoms with Crippen LogP contribution in [0.4, 0.5) is 5.69 Å². The number of pyridine rings is 1. The van der Waals surface area contributed by atoms with Gasteiger partial charge < -0.3 is 5.32 Å². The topological polar surface area (TPSA) is 76.9 Å². The van der Waals surface area contributed by atoms with Crippen molar-refractivity contribution in [1.82, 2.24) is 14.5 Å². The SMILES string of the molecule is O=C(CCn1cnc2ccc(Br)cc2c1=O)Nc1cccc2cccnc12. The van der Waals surface area contributed by atoms with Gasteiger partial charge in [-0.15, -0.1) is 0 Å². The quantitative estimate of drug-likeness (QED) is 0.543. The molecule has 0 saturated heterocycles. The number of aryl methyl sites for hydroxylation is 1. The lowest BCUT2D eigenvalue weighted by atomic mass is 10.2. The number of fused-ring (bicyclic) bond motifs is 2. The molecule has 0 bridgehead atoms. The predicted octanol–water partition coefficient (Wildman–Crippen LogP) is 3.74. The van der Waals surface area contributed by atoms with Gasteiger partial charge in [0.1, 0.15) is 0 Å². The highest BCUT2D eigenvalue weighted by Crippen LogP contribution is 2.20. The molecule has 2 aromatic heterocycles. The summed E-state index contributed by atoms with van der Waals surface area (Å²) in [5.74, 6) is -0.186. The van der Waals surface area contributed by atoms with Crippen molar-refractivity contribution in [2.24, 2.45) is 0 Å². The zero-order valence-electron chi connectivity index (χ0n) is 14.2. The van der Waals surface area contributed by atoms with E-state index in [1.54, 1.807) is 18.3 Å². The number of carbonyl (C=O) groups excluding carboxylic acids is 1. The molecule has 0 unspecified atom stereocenters. The largest absolute Gasteiger partial charge is 0.324 e. The van der Waals surface area contributed by atoms with E-state index in [1.165, 1.54) is 10.9 Å². The Bertz CT molecular complexity index is 1210. The molecule has 1 amide bonds. The highest BCUT2D eigenvalue weighted by Gasteiger charge is 2.09. The molecule has 7 heteroatoms. The van der Waals surface area contributed by atoms with E-state index in [0.29, 0.717) is 16.6 Å². The first-order chi connectivity index (χ1) is 13.1. The van der Waals surface area contributed by atoms with Crippen molar-refractivity contribution in [1.29, 1.82) is 0 Å². The molecule has 4 rings (SSSR count). The van der Waals surface area contributed by atoms with Crippen molar-refractivity contribution in [3.05, 3.63) is 75.9 Å². The molecular formula is C20H15BrN4O2. The average molecular weight is 423 g/mol. The Balaban J connectivity index is 1.52. The maximum atomic E-state index is 12.6. The molecule has 1 N–H and O–H groups in total. The molecule has 6 nitrogen and oxygen atoms in total. The number of nitrogens with one attached hydrogen (secondary N) is 1. The second kappa shape index (κ2) is 7.28. The standard InChI is InChI=1S/C20H15BrN4O2/c21-14-6-7-16-15(11-14)20(27)25(12-23-16)10-8-18(26)24-17-5-1-3-13-4-2-9-22-19(13)17/h1-7,9,11-12H,8,10H2,(H,24,26). The minimum atomic E-state index is -0.186. The summed E-state index contributed by atoms with van der Waals surface area (Å²) < 4.78 is 2.27. The smallest absolute Gasteiger partial charge is 0.261 e. The fraction of sp³-hybridized carbons (Fsp3) is 0.100. The number of anilines is 1. The summed E-state index contributed by atoms with van der Waals surface area (Å²) in [6.45, 7) is 0.248. The zero-order valence-corrected chi connectivity index (χ0v) is 15.8. The lowest BCUT2D eigenvalue weighted by Gasteiger charge is -2.09. The van der Waals surface area contributed by atoms with Crippen LogP contribution in [0.2, 0.25) is 0 Å². The fourth-order valence-electron chi connectivity index (χ4n) is 2.93. The lowest BCUT2D eigenvalue weighted by Crippen LogP contribution is -2.23. The van der Waals surface area contributed by atoms with Gasteiger partial charge in [0.25, 0.3) is 5.56 Å². The van der Waals surface area contributed by atoms with Crippen LogP contribution in [0.3, 0.4) is 0 Å². The van der Waals surface area contributed by atoms with Crippen molar-refractivity contribution < 1.29 is 4.79 Å². The maximum absolute atomic E-state index is 12.6. The molecule has 4 aromatic rings. The number of hydrogen-bond donors (Lipinski definition) is 1. The minimum Gasteiger partial charge on any atom is -0.324 e. The van der Waals surface area contributed by atoms with Crippen LogP contribution in [-0.2, 0) is 11.3 Å². The Kier molecular flexibility index (Phi) is 4.68. The van der Waals surface area contributed by atoms with E-state index in [1.807, 2.05) is 36.4 Å². The normalized spacial score (nSPS) is 11.0. The molecule has 0 aliphatic carbocycles. The average Bonchev–Trinajstić information content (AvgIpc) is 2.68. The van der Waals surface area contributed by atoms with Crippen LogP contribution in [-0.4, -0.2) is 20.4 Å². The predicted molar refractivity (Wildman–Crippen MR) is 109 cm³/mol. The molecular weight excluding hydrogens is 408 g/mol. The third-order valence-electron chi connectivity index (χ3n) is 4.27. The number of para-hydroxylation sites is 1. The number of halogens is 1. The van der Waals surface area contributed by atoms with Gasteiger partial charge in [-0.1, -0.05) is 34.1 Å². The van der Waals surface area contributed by atoms with Gasteiger partial charge in [-0.2, -0.15) is 0 Å². The highest BCUT2D eigenvalue weighted by atomic mass is 79.9. The first-order valence-electron chi connectivity index (χ1n) is 8.40. The number of nitrogens with zero attached hydrogens (tertiary/aromatic N) is 3. The Hall–Kier alpha value is -3.06. The number of benzene rings is 2. The van der Waals surface area contributed by atoms with Gasteiger partial charge in [-0.3, -0.25) is 19.1 Å². The zero-order chi connectivity index (χ0) is 18.8. The van der Waals surface area contributed by atoms with Crippen LogP contribution in [0.1, 0.15) is 6.42 Å². The molecule has 0 aliphatic rings. The second-order valence-electron chi connectivity index (χ2n) is 6.08. The van der Waals surface area contributed by atoms with E-state index in [2.05, 4.69) is 31.2 Å². The Morgan fingerprint density at radius 2 is 1.96 bits per heavy atom. The van der Waals surface area contributed by atoms with Crippen molar-refractivity contribution in [2.45, 2.75) is 13.0 Å². The third kappa shape index (κ3) is 3.59. The van der Waals surface area contributed by atoms with Gasteiger partial charge in [-0.25, -0.2) is 4.98 Å². The van der Waals surface area contributed by atoms with E-state index in [4.69, 9.17) is 0 Å². The first-order valence-corrected chi connectivity index (χ1v) is 9.19. The van der Waals surface area contributed by atoms with Crippen molar-refractivity contribution in [3.63, 3.8) is 0 Å². The number of carbonyl (C=O) groups is 1. The van der Waals surface area contributed by atoms with Gasteiger partial charge >= 0.3 is 0 Å². The monoisotopic (exact) mass is 422 g/mol. The van der Waals surface area contributed by atoms with Gasteiger partial charge in [0.2, 0.25) is 5.91 Å². The van der Waals surface area contributed by atoms with Crippen LogP contribution in [0.25, 0.3) is 21.8 Å². The van der Waals surface area contributed by atoms with Gasteiger partial charge in [-0.05, 0) is 30.3 Å². The number of aromatic nitrogens is 3. The van der Waals surface area contributed by atoms with Gasteiger partial charge in [0, 0.05) is 29.0 Å². The molecule has 0 spiro atoms. The minimum absolute atomic E-state index is 0.157. The number of amides is 1. The molecule has 0 saturated carbocycles. The van der Waals surface area contributed by atoms with Crippen LogP contribution in [0, 0.1) is 0 Å². The third-order valence-corrected chi connectivity index (χ3v) is 4.77. The molecule has 0 radical (unpaired) electrons. The summed E-state index contributed by atoms with van der Waals surface area (Å²) >= 11 is 3.36. The van der Waals surface area contributed by atoms with Gasteiger partial charge in [0.05, 0.1) is 28.4 Å². The summed E-state index contributed by atoms with van der Waals surface area (Å²) in [7, 11) is 0. The summed E-state index contributed by atoms with van der Waals surface area (Å²) in [6.07, 6.45) is 3.33. The fourth-order valence-corrected chi connectivity index (χ4v) is 3.29. The van der Waals surface area contributed by atoms with E-state index in [9.17, 15) is 9.59 Å². The van der Waals surface area contributed by atoms with Crippen molar-refractivity contribution in [2.75, 3.05) is 5.32 Å². The molecule has 0 fully saturated rings. The Morgan fingerprint density at radius 1 is 1.11 bits per heavy atom. The molecule has 0 atom stereocenters. The van der Waals surface area contributed by atoms with E-state index >= 15 is 0 Å². The molecule has 27 heavy (non-hydrogen) atoms. The number of rotatable bonds is 4. The highest BCUT2D eigenvalue weighted by molar-refractivity contribution is 9.10. The molecule has 2 aromatic carbocycles. The van der Waals surface area contributed by atoms with E-state index < -0.39 is 0 Å². The summed E-state index contributed by atoms with van der Waals surface area (Å²) in [6, 6.07) is 14.8. The second-order valence-corrected chi connectivity index (χ2v) is 7.00. The van der Waals surface area contributed by atoms with E-state index in [-0.39, 0.29) is 24.4 Å². The van der Waals surface area contributed by atoms with Crippen molar-refractivity contribution >= 4 is 49.3 Å². The summed E-state index contributed by atoms with van der Waals surface area (Å²) in [5.41, 5.74) is 1.86. The molecule has 134 valence electrons. The maximum Gasteiger partial charge on any atom is 0.261 e. The van der Waals surface area contributed by atoms with Gasteiger partial charge in [0.15, 0.2) is 0 Å². The number of hydrogen-bond acceptors (Lipinski definition) is 4. The van der Waals surface area contributed by atoms with E-state index in [0.717, 1.165) is 15.4 Å². The van der Waals surface area contributed by atoms with Crippen LogP contribution in [0.5, 0.6) is 0 Å². The summed E-state index contributed by atoms with van der Waals surface area (Å²) in [4.78, 5) is 33.6. The molecule has 2 heterocycles. The van der Waals surface area contributed by atoms with Crippen molar-refractivity contribution in [3.8, 4) is 0 Å². The first kappa shape index (κ1) is 17.4. The lowest BCUT2D eigenvalue weighted by molar-refractivity contribution is -0.116. The Labute approximate surface area is 163 Å². The van der Waals surface area contributed by atoms with Crippen LogP contribution >= 0.6 is 15.9 Å². The molecule has 0 aliphatic heterocycles. The van der Waals surface area contributed by atoms with Crippen LogP contribution in [0.15, 0.2) is 70.3 Å². The Morgan fingerprint density at radius 3 is 2.85 bits per heavy atom. The van der Waals surface area contributed by atoms with Crippen LogP contribution < -0.4 is 10.9 Å².